The van der Waals surface area contributed by atoms with Crippen LogP contribution in [0.4, 0.5) is 4.79 Å². The second kappa shape index (κ2) is 5.98. The van der Waals surface area contributed by atoms with Gasteiger partial charge in [-0.2, -0.15) is 5.10 Å². The van der Waals surface area contributed by atoms with Crippen LogP contribution in [-0.4, -0.2) is 45.2 Å². The number of rotatable bonds is 3. The standard InChI is InChI=1S/C13H22N4O4/c1-12(2,3)21-11(18)14-8-9-15-10(17-16-9)13(19)4-6-20-7-5-13/h19H,4-8H2,1-3H3,(H,14,18)(H,15,16,17). The van der Waals surface area contributed by atoms with Gasteiger partial charge in [-0.1, -0.05) is 0 Å². The monoisotopic (exact) mass is 298 g/mol. The maximum Gasteiger partial charge on any atom is 0.408 e. The summed E-state index contributed by atoms with van der Waals surface area (Å²) in [6.45, 7) is 6.50. The largest absolute Gasteiger partial charge is 0.444 e. The summed E-state index contributed by atoms with van der Waals surface area (Å²) in [5.74, 6) is 0.808. The molecule has 1 saturated heterocycles. The van der Waals surface area contributed by atoms with Gasteiger partial charge >= 0.3 is 6.09 Å². The molecule has 1 aromatic heterocycles. The minimum atomic E-state index is -1.06. The minimum absolute atomic E-state index is 0.161. The molecule has 2 rings (SSSR count). The Labute approximate surface area is 123 Å². The van der Waals surface area contributed by atoms with E-state index in [2.05, 4.69) is 20.5 Å². The molecule has 0 spiro atoms. The Hall–Kier alpha value is -1.67. The highest BCUT2D eigenvalue weighted by Crippen LogP contribution is 2.29. The molecular weight excluding hydrogens is 276 g/mol. The van der Waals surface area contributed by atoms with E-state index in [0.29, 0.717) is 37.7 Å². The number of aromatic nitrogens is 3. The van der Waals surface area contributed by atoms with Gasteiger partial charge in [-0.25, -0.2) is 9.78 Å². The molecule has 8 heteroatoms. The number of carbonyl (C=O) groups excluding carboxylic acids is 1. The Kier molecular flexibility index (Phi) is 4.48. The lowest BCUT2D eigenvalue weighted by Gasteiger charge is -2.28. The lowest BCUT2D eigenvalue weighted by molar-refractivity contribution is -0.0732. The first kappa shape index (κ1) is 15.7. The summed E-state index contributed by atoms with van der Waals surface area (Å²) in [4.78, 5) is 15.8. The van der Waals surface area contributed by atoms with Crippen molar-refractivity contribution < 1.29 is 19.4 Å². The maximum absolute atomic E-state index is 11.5. The summed E-state index contributed by atoms with van der Waals surface area (Å²) in [5, 5.41) is 19.8. The van der Waals surface area contributed by atoms with Crippen LogP contribution in [0.2, 0.25) is 0 Å². The molecule has 0 saturated carbocycles. The number of alkyl carbamates (subject to hydrolysis) is 1. The van der Waals surface area contributed by atoms with Crippen LogP contribution in [0.5, 0.6) is 0 Å². The first-order valence-electron chi connectivity index (χ1n) is 6.97. The number of amides is 1. The van der Waals surface area contributed by atoms with Crippen molar-refractivity contribution in [3.05, 3.63) is 11.6 Å². The van der Waals surface area contributed by atoms with Crippen molar-refractivity contribution in [3.63, 3.8) is 0 Å². The molecule has 1 fully saturated rings. The van der Waals surface area contributed by atoms with Crippen molar-refractivity contribution in [2.45, 2.75) is 51.4 Å². The van der Waals surface area contributed by atoms with Crippen LogP contribution in [0.15, 0.2) is 0 Å². The zero-order valence-electron chi connectivity index (χ0n) is 12.6. The first-order valence-corrected chi connectivity index (χ1v) is 6.97. The van der Waals surface area contributed by atoms with Gasteiger partial charge in [-0.05, 0) is 20.8 Å². The number of ether oxygens (including phenoxy) is 2. The maximum atomic E-state index is 11.5. The zero-order valence-corrected chi connectivity index (χ0v) is 12.6. The molecule has 2 heterocycles. The van der Waals surface area contributed by atoms with Crippen molar-refractivity contribution in [2.75, 3.05) is 13.2 Å². The van der Waals surface area contributed by atoms with E-state index in [1.807, 2.05) is 0 Å². The highest BCUT2D eigenvalue weighted by molar-refractivity contribution is 5.67. The SMILES string of the molecule is CC(C)(C)OC(=O)NCc1nc(C2(O)CCOCC2)n[nH]1. The predicted molar refractivity (Wildman–Crippen MR) is 73.4 cm³/mol. The van der Waals surface area contributed by atoms with E-state index in [9.17, 15) is 9.90 Å². The Morgan fingerprint density at radius 2 is 2.14 bits per heavy atom. The molecule has 1 aliphatic rings. The highest BCUT2D eigenvalue weighted by Gasteiger charge is 2.35. The van der Waals surface area contributed by atoms with Crippen LogP contribution in [0.3, 0.4) is 0 Å². The topological polar surface area (TPSA) is 109 Å². The van der Waals surface area contributed by atoms with Crippen molar-refractivity contribution in [3.8, 4) is 0 Å². The number of aliphatic hydroxyl groups is 1. The van der Waals surface area contributed by atoms with Crippen molar-refractivity contribution >= 4 is 6.09 Å². The highest BCUT2D eigenvalue weighted by atomic mass is 16.6. The third-order valence-electron chi connectivity index (χ3n) is 3.07. The molecule has 21 heavy (non-hydrogen) atoms. The first-order chi connectivity index (χ1) is 9.78. The normalized spacial score (nSPS) is 18.3. The van der Waals surface area contributed by atoms with Gasteiger partial charge in [0.25, 0.3) is 0 Å². The molecular formula is C13H22N4O4. The van der Waals surface area contributed by atoms with Gasteiger partial charge in [-0.15, -0.1) is 0 Å². The second-order valence-corrected chi connectivity index (χ2v) is 6.11. The molecule has 0 bridgehead atoms. The van der Waals surface area contributed by atoms with E-state index in [0.717, 1.165) is 0 Å². The van der Waals surface area contributed by atoms with Gasteiger partial charge in [0.15, 0.2) is 5.82 Å². The van der Waals surface area contributed by atoms with Crippen molar-refractivity contribution in [2.24, 2.45) is 0 Å². The average Bonchev–Trinajstić information content (AvgIpc) is 2.85. The van der Waals surface area contributed by atoms with Crippen molar-refractivity contribution in [1.82, 2.24) is 20.5 Å². The summed E-state index contributed by atoms with van der Waals surface area (Å²) in [6.07, 6.45) is 0.401. The number of hydrogen-bond donors (Lipinski definition) is 3. The Balaban J connectivity index is 1.90. The van der Waals surface area contributed by atoms with Gasteiger partial charge in [0.2, 0.25) is 0 Å². The van der Waals surface area contributed by atoms with Gasteiger partial charge in [-0.3, -0.25) is 5.10 Å². The number of hydrogen-bond acceptors (Lipinski definition) is 6. The molecule has 0 radical (unpaired) electrons. The molecule has 118 valence electrons. The van der Waals surface area contributed by atoms with Crippen LogP contribution >= 0.6 is 0 Å². The van der Waals surface area contributed by atoms with E-state index < -0.39 is 17.3 Å². The fraction of sp³-hybridized carbons (Fsp3) is 0.769. The Morgan fingerprint density at radius 1 is 1.48 bits per heavy atom. The number of carbonyl (C=O) groups is 1. The summed E-state index contributed by atoms with van der Waals surface area (Å²) in [5.41, 5.74) is -1.60. The lowest BCUT2D eigenvalue weighted by atomic mass is 9.94. The molecule has 0 atom stereocenters. The van der Waals surface area contributed by atoms with Gasteiger partial charge in [0.1, 0.15) is 17.0 Å². The van der Waals surface area contributed by atoms with Gasteiger partial charge in [0, 0.05) is 26.1 Å². The third kappa shape index (κ3) is 4.40. The number of H-pyrrole nitrogens is 1. The van der Waals surface area contributed by atoms with E-state index in [1.54, 1.807) is 20.8 Å². The van der Waals surface area contributed by atoms with Crippen LogP contribution in [0, 0.1) is 0 Å². The van der Waals surface area contributed by atoms with E-state index in [1.165, 1.54) is 0 Å². The number of nitrogens with zero attached hydrogens (tertiary/aromatic N) is 2. The average molecular weight is 298 g/mol. The quantitative estimate of drug-likeness (QED) is 0.762. The Morgan fingerprint density at radius 3 is 2.76 bits per heavy atom. The van der Waals surface area contributed by atoms with Gasteiger partial charge < -0.3 is 19.9 Å². The molecule has 0 aromatic carbocycles. The van der Waals surface area contributed by atoms with E-state index >= 15 is 0 Å². The number of nitrogens with one attached hydrogen (secondary N) is 2. The molecule has 3 N–H and O–H groups in total. The minimum Gasteiger partial charge on any atom is -0.444 e. The molecule has 0 unspecified atom stereocenters. The number of aromatic amines is 1. The van der Waals surface area contributed by atoms with E-state index in [4.69, 9.17) is 9.47 Å². The zero-order chi connectivity index (χ0) is 15.5. The lowest BCUT2D eigenvalue weighted by Crippen LogP contribution is -2.34. The third-order valence-corrected chi connectivity index (χ3v) is 3.07. The van der Waals surface area contributed by atoms with Gasteiger partial charge in [0.05, 0.1) is 6.54 Å². The fourth-order valence-electron chi connectivity index (χ4n) is 1.99. The predicted octanol–water partition coefficient (Wildman–Crippen LogP) is 0.827. The summed E-state index contributed by atoms with van der Waals surface area (Å²) in [6, 6.07) is 0. The van der Waals surface area contributed by atoms with Crippen LogP contribution < -0.4 is 5.32 Å². The summed E-state index contributed by atoms with van der Waals surface area (Å²) in [7, 11) is 0. The summed E-state index contributed by atoms with van der Waals surface area (Å²) >= 11 is 0. The molecule has 1 amide bonds. The van der Waals surface area contributed by atoms with Crippen LogP contribution in [0.25, 0.3) is 0 Å². The molecule has 0 aliphatic carbocycles. The second-order valence-electron chi connectivity index (χ2n) is 6.11. The van der Waals surface area contributed by atoms with Crippen molar-refractivity contribution in [1.29, 1.82) is 0 Å². The van der Waals surface area contributed by atoms with Crippen LogP contribution in [-0.2, 0) is 21.6 Å². The summed E-state index contributed by atoms with van der Waals surface area (Å²) < 4.78 is 10.3. The van der Waals surface area contributed by atoms with Crippen LogP contribution in [0.1, 0.15) is 45.3 Å². The Bertz CT molecular complexity index is 489. The molecule has 8 nitrogen and oxygen atoms in total. The molecule has 1 aromatic rings. The molecule has 1 aliphatic heterocycles. The fourth-order valence-corrected chi connectivity index (χ4v) is 1.99. The van der Waals surface area contributed by atoms with E-state index in [-0.39, 0.29) is 6.54 Å². The smallest absolute Gasteiger partial charge is 0.408 e.